The van der Waals surface area contributed by atoms with Crippen LogP contribution in [0, 0.1) is 5.92 Å². The Morgan fingerprint density at radius 3 is 2.27 bits per heavy atom. The Morgan fingerprint density at radius 1 is 1.09 bits per heavy atom. The maximum atomic E-state index is 12.1. The summed E-state index contributed by atoms with van der Waals surface area (Å²) in [7, 11) is 0. The van der Waals surface area contributed by atoms with Gasteiger partial charge in [-0.3, -0.25) is 4.79 Å². The maximum absolute atomic E-state index is 12.1. The first-order valence-corrected chi connectivity index (χ1v) is 7.81. The topological polar surface area (TPSA) is 84.2 Å². The van der Waals surface area contributed by atoms with E-state index < -0.39 is 6.03 Å². The van der Waals surface area contributed by atoms with E-state index in [2.05, 4.69) is 24.5 Å². The van der Waals surface area contributed by atoms with Crippen LogP contribution in [0.5, 0.6) is 0 Å². The normalized spacial score (nSPS) is 12.0. The van der Waals surface area contributed by atoms with Crippen molar-refractivity contribution in [1.82, 2.24) is 10.6 Å². The van der Waals surface area contributed by atoms with Gasteiger partial charge in [0.05, 0.1) is 0 Å². The molecule has 5 heteroatoms. The van der Waals surface area contributed by atoms with Gasteiger partial charge in [-0.15, -0.1) is 0 Å². The summed E-state index contributed by atoms with van der Waals surface area (Å²) in [4.78, 5) is 22.8. The maximum Gasteiger partial charge on any atom is 0.312 e. The van der Waals surface area contributed by atoms with Gasteiger partial charge in [0, 0.05) is 18.2 Å². The number of primary amides is 1. The molecule has 5 nitrogen and oxygen atoms in total. The lowest BCUT2D eigenvalue weighted by molar-refractivity contribution is 0.0937. The fraction of sp³-hybridized carbons (Fsp3) is 0.529. The van der Waals surface area contributed by atoms with Gasteiger partial charge in [0.2, 0.25) is 0 Å². The van der Waals surface area contributed by atoms with Crippen LogP contribution in [0.2, 0.25) is 0 Å². The molecule has 0 aliphatic rings. The smallest absolute Gasteiger partial charge is 0.312 e. The number of benzene rings is 1. The molecule has 0 aliphatic heterocycles. The monoisotopic (exact) mass is 305 g/mol. The van der Waals surface area contributed by atoms with Crippen molar-refractivity contribution < 1.29 is 9.59 Å². The van der Waals surface area contributed by atoms with Crippen LogP contribution in [0.15, 0.2) is 24.3 Å². The van der Waals surface area contributed by atoms with Crippen LogP contribution in [0.25, 0.3) is 0 Å². The van der Waals surface area contributed by atoms with Crippen molar-refractivity contribution in [2.75, 3.05) is 0 Å². The second-order valence-electron chi connectivity index (χ2n) is 6.11. The summed E-state index contributed by atoms with van der Waals surface area (Å²) in [5.74, 6) is 0.635. The van der Waals surface area contributed by atoms with Gasteiger partial charge in [-0.1, -0.05) is 38.8 Å². The average molecular weight is 305 g/mol. The summed E-state index contributed by atoms with van der Waals surface area (Å²) < 4.78 is 0. The Morgan fingerprint density at radius 2 is 1.73 bits per heavy atom. The van der Waals surface area contributed by atoms with Crippen molar-refractivity contribution in [3.05, 3.63) is 35.4 Å². The van der Waals surface area contributed by atoms with E-state index in [1.165, 1.54) is 6.42 Å². The summed E-state index contributed by atoms with van der Waals surface area (Å²) in [6.07, 6.45) is 3.29. The molecule has 0 aromatic heterocycles. The lowest BCUT2D eigenvalue weighted by Crippen LogP contribution is -2.32. The van der Waals surface area contributed by atoms with Gasteiger partial charge in [0.1, 0.15) is 0 Å². The second-order valence-corrected chi connectivity index (χ2v) is 6.11. The van der Waals surface area contributed by atoms with Crippen LogP contribution in [-0.2, 0) is 6.54 Å². The van der Waals surface area contributed by atoms with Crippen LogP contribution >= 0.6 is 0 Å². The number of carbonyl (C=O) groups excluding carboxylic acids is 2. The average Bonchev–Trinajstić information content (AvgIpc) is 2.45. The van der Waals surface area contributed by atoms with Crippen LogP contribution in [-0.4, -0.2) is 18.0 Å². The summed E-state index contributed by atoms with van der Waals surface area (Å²) in [6.45, 7) is 6.81. The number of hydrogen-bond acceptors (Lipinski definition) is 2. The number of amides is 3. The zero-order valence-corrected chi connectivity index (χ0v) is 13.7. The summed E-state index contributed by atoms with van der Waals surface area (Å²) in [5.41, 5.74) is 6.54. The highest BCUT2D eigenvalue weighted by atomic mass is 16.2. The first-order chi connectivity index (χ1) is 10.4. The number of carbonyl (C=O) groups is 2. The molecule has 0 aliphatic carbocycles. The fourth-order valence-electron chi connectivity index (χ4n) is 2.17. The fourth-order valence-corrected chi connectivity index (χ4v) is 2.17. The van der Waals surface area contributed by atoms with Crippen molar-refractivity contribution in [1.29, 1.82) is 0 Å². The van der Waals surface area contributed by atoms with Crippen LogP contribution < -0.4 is 16.4 Å². The van der Waals surface area contributed by atoms with Crippen molar-refractivity contribution in [3.8, 4) is 0 Å². The lowest BCUT2D eigenvalue weighted by atomic mass is 10.0. The van der Waals surface area contributed by atoms with Gasteiger partial charge in [-0.25, -0.2) is 4.79 Å². The van der Waals surface area contributed by atoms with Gasteiger partial charge >= 0.3 is 6.03 Å². The van der Waals surface area contributed by atoms with Crippen LogP contribution in [0.4, 0.5) is 4.79 Å². The Bertz CT molecular complexity index is 483. The van der Waals surface area contributed by atoms with Gasteiger partial charge in [0.25, 0.3) is 5.91 Å². The Balaban J connectivity index is 2.43. The predicted molar refractivity (Wildman–Crippen MR) is 88.5 cm³/mol. The molecule has 22 heavy (non-hydrogen) atoms. The van der Waals surface area contributed by atoms with Crippen molar-refractivity contribution >= 4 is 11.9 Å². The molecule has 122 valence electrons. The zero-order valence-electron chi connectivity index (χ0n) is 13.7. The van der Waals surface area contributed by atoms with Crippen molar-refractivity contribution in [2.45, 2.75) is 52.6 Å². The first kappa shape index (κ1) is 18.0. The van der Waals surface area contributed by atoms with Crippen molar-refractivity contribution in [3.63, 3.8) is 0 Å². The number of urea groups is 1. The molecule has 1 rings (SSSR count). The van der Waals surface area contributed by atoms with E-state index in [-0.39, 0.29) is 11.9 Å². The number of hydrogen-bond donors (Lipinski definition) is 3. The first-order valence-electron chi connectivity index (χ1n) is 7.81. The van der Waals surface area contributed by atoms with Gasteiger partial charge in [0.15, 0.2) is 0 Å². The van der Waals surface area contributed by atoms with Crippen LogP contribution in [0.3, 0.4) is 0 Å². The molecule has 1 aromatic rings. The lowest BCUT2D eigenvalue weighted by Gasteiger charge is -2.14. The molecule has 3 amide bonds. The number of nitrogens with two attached hydrogens (primary N) is 1. The summed E-state index contributed by atoms with van der Waals surface area (Å²) in [6, 6.07) is 6.75. The Kier molecular flexibility index (Phi) is 7.43. The largest absolute Gasteiger partial charge is 0.352 e. The minimum absolute atomic E-state index is 0.0635. The van der Waals surface area contributed by atoms with E-state index in [1.807, 2.05) is 19.1 Å². The molecule has 0 radical (unpaired) electrons. The third-order valence-electron chi connectivity index (χ3n) is 3.48. The van der Waals surface area contributed by atoms with Crippen LogP contribution in [0.1, 0.15) is 56.0 Å². The number of rotatable bonds is 8. The molecule has 1 aromatic carbocycles. The van der Waals surface area contributed by atoms with E-state index in [9.17, 15) is 9.59 Å². The summed E-state index contributed by atoms with van der Waals surface area (Å²) in [5, 5.41) is 5.52. The van der Waals surface area contributed by atoms with Crippen molar-refractivity contribution in [2.24, 2.45) is 11.7 Å². The highest BCUT2D eigenvalue weighted by molar-refractivity contribution is 5.94. The molecule has 1 atom stereocenters. The molecular formula is C17H27N3O2. The molecule has 0 saturated heterocycles. The van der Waals surface area contributed by atoms with Gasteiger partial charge in [-0.05, 0) is 37.0 Å². The molecule has 1 unspecified atom stereocenters. The quantitative estimate of drug-likeness (QED) is 0.690. The van der Waals surface area contributed by atoms with E-state index in [0.717, 1.165) is 18.4 Å². The second kappa shape index (κ2) is 9.07. The Labute approximate surface area is 132 Å². The Hall–Kier alpha value is -2.04. The molecular weight excluding hydrogens is 278 g/mol. The SMILES string of the molecule is CC(C)CCCC(C)NC(=O)c1ccc(CNC(N)=O)cc1. The highest BCUT2D eigenvalue weighted by Gasteiger charge is 2.10. The molecule has 4 N–H and O–H groups in total. The minimum Gasteiger partial charge on any atom is -0.352 e. The van der Waals surface area contributed by atoms with E-state index >= 15 is 0 Å². The number of nitrogens with one attached hydrogen (secondary N) is 2. The molecule has 0 fully saturated rings. The molecule has 0 bridgehead atoms. The van der Waals surface area contributed by atoms with E-state index in [1.54, 1.807) is 12.1 Å². The predicted octanol–water partition coefficient (Wildman–Crippen LogP) is 2.80. The highest BCUT2D eigenvalue weighted by Crippen LogP contribution is 2.09. The van der Waals surface area contributed by atoms with Gasteiger partial charge < -0.3 is 16.4 Å². The van der Waals surface area contributed by atoms with E-state index in [4.69, 9.17) is 5.73 Å². The summed E-state index contributed by atoms with van der Waals surface area (Å²) >= 11 is 0. The molecule has 0 heterocycles. The molecule has 0 saturated carbocycles. The standard InChI is InChI=1S/C17H27N3O2/c1-12(2)5-4-6-13(3)20-16(21)15-9-7-14(8-10-15)11-19-17(18)22/h7-10,12-13H,4-6,11H2,1-3H3,(H,20,21)(H3,18,19,22). The van der Waals surface area contributed by atoms with Gasteiger partial charge in [-0.2, -0.15) is 0 Å². The molecule has 0 spiro atoms. The third-order valence-corrected chi connectivity index (χ3v) is 3.48. The zero-order chi connectivity index (χ0) is 16.5. The third kappa shape index (κ3) is 7.11. The minimum atomic E-state index is -0.558. The van der Waals surface area contributed by atoms with E-state index in [0.29, 0.717) is 18.0 Å².